The lowest BCUT2D eigenvalue weighted by Gasteiger charge is -2.03. The Labute approximate surface area is 132 Å². The summed E-state index contributed by atoms with van der Waals surface area (Å²) in [5.74, 6) is 1.56. The maximum atomic E-state index is 12.2. The molecule has 0 saturated carbocycles. The van der Waals surface area contributed by atoms with Crippen molar-refractivity contribution < 1.29 is 4.42 Å². The molecule has 4 rings (SSSR count). The van der Waals surface area contributed by atoms with Gasteiger partial charge in [0, 0.05) is 18.1 Å². The maximum Gasteiger partial charge on any atom is 0.193 e. The number of hydrogen-bond donors (Lipinski definition) is 1. The average molecular weight is 304 g/mol. The zero-order chi connectivity index (χ0) is 15.8. The van der Waals surface area contributed by atoms with Crippen LogP contribution in [0.5, 0.6) is 0 Å². The summed E-state index contributed by atoms with van der Waals surface area (Å²) in [4.78, 5) is 20.1. The maximum absolute atomic E-state index is 12.2. The molecule has 0 amide bonds. The van der Waals surface area contributed by atoms with Crippen molar-refractivity contribution in [3.63, 3.8) is 0 Å². The summed E-state index contributed by atoms with van der Waals surface area (Å²) < 4.78 is 5.90. The Bertz CT molecular complexity index is 1060. The third-order valence-electron chi connectivity index (χ3n) is 3.94. The van der Waals surface area contributed by atoms with Crippen LogP contribution >= 0.6 is 0 Å². The van der Waals surface area contributed by atoms with Crippen LogP contribution in [0.2, 0.25) is 0 Å². The van der Waals surface area contributed by atoms with E-state index >= 15 is 0 Å². The molecule has 2 aromatic heterocycles. The Morgan fingerprint density at radius 3 is 2.87 bits per heavy atom. The van der Waals surface area contributed by atoms with Gasteiger partial charge in [-0.25, -0.2) is 4.98 Å². The molecule has 0 aliphatic rings. The minimum absolute atomic E-state index is 0.0294. The van der Waals surface area contributed by atoms with Gasteiger partial charge in [0.05, 0.1) is 16.4 Å². The van der Waals surface area contributed by atoms with Gasteiger partial charge in [0.1, 0.15) is 17.2 Å². The molecular formula is C19H16N2O2. The number of fused-ring (bicyclic) bond motifs is 2. The number of hydrogen-bond acceptors (Lipinski definition) is 3. The fraction of sp³-hybridized carbons (Fsp3) is 0.158. The van der Waals surface area contributed by atoms with Crippen LogP contribution in [-0.4, -0.2) is 9.97 Å². The van der Waals surface area contributed by atoms with Crippen LogP contribution in [0.4, 0.5) is 0 Å². The lowest BCUT2D eigenvalue weighted by atomic mass is 10.1. The molecule has 2 aromatic carbocycles. The standard InChI is InChI=1S/C19H16N2O2/c1-2-5-19-20-14-9-8-12(10-15(14)21-19)18-11-16(22)13-6-3-4-7-17(13)23-18/h3-4,6-11H,2,5H2,1H3,(H,20,21). The number of H-pyrrole nitrogens is 1. The average Bonchev–Trinajstić information content (AvgIpc) is 2.96. The Morgan fingerprint density at radius 2 is 2.00 bits per heavy atom. The molecule has 0 saturated heterocycles. The van der Waals surface area contributed by atoms with Gasteiger partial charge in [0.25, 0.3) is 0 Å². The van der Waals surface area contributed by atoms with Crippen molar-refractivity contribution in [3.05, 3.63) is 64.6 Å². The van der Waals surface area contributed by atoms with E-state index in [4.69, 9.17) is 4.42 Å². The van der Waals surface area contributed by atoms with E-state index in [0.717, 1.165) is 35.3 Å². The van der Waals surface area contributed by atoms with Gasteiger partial charge in [-0.3, -0.25) is 4.79 Å². The molecule has 0 unspecified atom stereocenters. The predicted molar refractivity (Wildman–Crippen MR) is 91.6 cm³/mol. The molecule has 0 bridgehead atoms. The zero-order valence-electron chi connectivity index (χ0n) is 12.8. The Balaban J connectivity index is 1.86. The summed E-state index contributed by atoms with van der Waals surface area (Å²) >= 11 is 0. The van der Waals surface area contributed by atoms with Gasteiger partial charge in [0.15, 0.2) is 5.43 Å². The third-order valence-corrected chi connectivity index (χ3v) is 3.94. The number of nitrogens with one attached hydrogen (secondary N) is 1. The zero-order valence-corrected chi connectivity index (χ0v) is 12.8. The molecule has 0 atom stereocenters. The largest absolute Gasteiger partial charge is 0.456 e. The number of benzene rings is 2. The monoisotopic (exact) mass is 304 g/mol. The number of aromatic amines is 1. The van der Waals surface area contributed by atoms with Gasteiger partial charge in [0.2, 0.25) is 0 Å². The molecule has 0 radical (unpaired) electrons. The molecule has 4 nitrogen and oxygen atoms in total. The van der Waals surface area contributed by atoms with Crippen LogP contribution in [0.15, 0.2) is 57.7 Å². The summed E-state index contributed by atoms with van der Waals surface area (Å²) in [5, 5.41) is 0.601. The van der Waals surface area contributed by atoms with Crippen LogP contribution < -0.4 is 5.43 Å². The number of nitrogens with zero attached hydrogens (tertiary/aromatic N) is 1. The fourth-order valence-corrected chi connectivity index (χ4v) is 2.82. The number of rotatable bonds is 3. The van der Waals surface area contributed by atoms with E-state index in [0.29, 0.717) is 16.7 Å². The smallest absolute Gasteiger partial charge is 0.193 e. The second kappa shape index (κ2) is 5.39. The molecule has 4 aromatic rings. The number of aryl methyl sites for hydroxylation is 1. The summed E-state index contributed by atoms with van der Waals surface area (Å²) in [6, 6.07) is 14.7. The van der Waals surface area contributed by atoms with E-state index in [1.807, 2.05) is 36.4 Å². The van der Waals surface area contributed by atoms with Gasteiger partial charge < -0.3 is 9.40 Å². The second-order valence-corrected chi connectivity index (χ2v) is 5.64. The van der Waals surface area contributed by atoms with Crippen LogP contribution in [0.1, 0.15) is 19.2 Å². The second-order valence-electron chi connectivity index (χ2n) is 5.64. The van der Waals surface area contributed by atoms with Gasteiger partial charge in [-0.2, -0.15) is 0 Å². The number of aromatic nitrogens is 2. The van der Waals surface area contributed by atoms with Crippen molar-refractivity contribution in [2.75, 3.05) is 0 Å². The third kappa shape index (κ3) is 2.42. The minimum atomic E-state index is -0.0294. The first kappa shape index (κ1) is 13.8. The normalized spacial score (nSPS) is 11.3. The first-order valence-corrected chi connectivity index (χ1v) is 7.76. The van der Waals surface area contributed by atoms with Crippen molar-refractivity contribution in [1.82, 2.24) is 9.97 Å². The predicted octanol–water partition coefficient (Wildman–Crippen LogP) is 4.29. The Morgan fingerprint density at radius 1 is 1.13 bits per heavy atom. The summed E-state index contributed by atoms with van der Waals surface area (Å²) in [7, 11) is 0. The highest BCUT2D eigenvalue weighted by atomic mass is 16.3. The topological polar surface area (TPSA) is 58.9 Å². The summed E-state index contributed by atoms with van der Waals surface area (Å²) in [6.45, 7) is 2.13. The Hall–Kier alpha value is -2.88. The van der Waals surface area contributed by atoms with Gasteiger partial charge in [-0.1, -0.05) is 19.1 Å². The summed E-state index contributed by atoms with van der Waals surface area (Å²) in [6.07, 6.45) is 1.97. The van der Waals surface area contributed by atoms with Crippen molar-refractivity contribution in [2.24, 2.45) is 0 Å². The van der Waals surface area contributed by atoms with Crippen LogP contribution in [0, 0.1) is 0 Å². The molecule has 1 N–H and O–H groups in total. The molecule has 2 heterocycles. The van der Waals surface area contributed by atoms with Gasteiger partial charge >= 0.3 is 0 Å². The van der Waals surface area contributed by atoms with Crippen LogP contribution in [0.25, 0.3) is 33.3 Å². The lowest BCUT2D eigenvalue weighted by molar-refractivity contribution is 0.619. The molecule has 4 heteroatoms. The van der Waals surface area contributed by atoms with E-state index in [-0.39, 0.29) is 5.43 Å². The van der Waals surface area contributed by atoms with Crippen molar-refractivity contribution in [3.8, 4) is 11.3 Å². The van der Waals surface area contributed by atoms with E-state index in [2.05, 4.69) is 16.9 Å². The minimum Gasteiger partial charge on any atom is -0.456 e. The van der Waals surface area contributed by atoms with E-state index in [9.17, 15) is 4.79 Å². The highest BCUT2D eigenvalue weighted by Gasteiger charge is 2.09. The molecule has 0 aliphatic carbocycles. The van der Waals surface area contributed by atoms with Crippen molar-refractivity contribution in [2.45, 2.75) is 19.8 Å². The first-order chi connectivity index (χ1) is 11.2. The van der Waals surface area contributed by atoms with Gasteiger partial charge in [-0.15, -0.1) is 0 Å². The van der Waals surface area contributed by atoms with Crippen LogP contribution in [-0.2, 0) is 6.42 Å². The number of para-hydroxylation sites is 1. The molecule has 0 spiro atoms. The number of imidazole rings is 1. The summed E-state index contributed by atoms with van der Waals surface area (Å²) in [5.41, 5.74) is 3.33. The molecule has 0 aliphatic heterocycles. The SMILES string of the molecule is CCCc1nc2ccc(-c3cc(=O)c4ccccc4o3)cc2[nH]1. The van der Waals surface area contributed by atoms with E-state index in [1.54, 1.807) is 12.1 Å². The highest BCUT2D eigenvalue weighted by Crippen LogP contribution is 2.25. The van der Waals surface area contributed by atoms with Crippen LogP contribution in [0.3, 0.4) is 0 Å². The van der Waals surface area contributed by atoms with E-state index < -0.39 is 0 Å². The molecule has 23 heavy (non-hydrogen) atoms. The molecule has 114 valence electrons. The highest BCUT2D eigenvalue weighted by molar-refractivity contribution is 5.83. The Kier molecular flexibility index (Phi) is 3.23. The van der Waals surface area contributed by atoms with Gasteiger partial charge in [-0.05, 0) is 36.8 Å². The lowest BCUT2D eigenvalue weighted by Crippen LogP contribution is -1.99. The van der Waals surface area contributed by atoms with E-state index in [1.165, 1.54) is 0 Å². The van der Waals surface area contributed by atoms with Crippen molar-refractivity contribution >= 4 is 22.0 Å². The van der Waals surface area contributed by atoms with Crippen molar-refractivity contribution in [1.29, 1.82) is 0 Å². The first-order valence-electron chi connectivity index (χ1n) is 7.76. The molecule has 0 fully saturated rings. The quantitative estimate of drug-likeness (QED) is 0.614. The fourth-order valence-electron chi connectivity index (χ4n) is 2.82. The molecular weight excluding hydrogens is 288 g/mol.